The summed E-state index contributed by atoms with van der Waals surface area (Å²) in [6.07, 6.45) is -2.84. The molecule has 0 fully saturated rings. The summed E-state index contributed by atoms with van der Waals surface area (Å²) >= 11 is 2.78. The number of nitrogens with zero attached hydrogens (tertiary/aromatic N) is 1. The summed E-state index contributed by atoms with van der Waals surface area (Å²) < 4.78 is 38.3. The molecule has 4 rings (SSSR count). The van der Waals surface area contributed by atoms with E-state index in [1.807, 2.05) is 17.5 Å². The molecule has 2 amide bonds. The van der Waals surface area contributed by atoms with Crippen molar-refractivity contribution in [3.8, 4) is 0 Å². The SMILES string of the molecule is CN1C(=O)/C(=C/c2ccc(C(F)(F)F)cc2)Sc2ccc(C(=O)NCc3cccs3)cc21. The van der Waals surface area contributed by atoms with Crippen LogP contribution in [0.15, 0.2) is 69.8 Å². The summed E-state index contributed by atoms with van der Waals surface area (Å²) in [6.45, 7) is 0.428. The van der Waals surface area contributed by atoms with Crippen LogP contribution in [0.5, 0.6) is 0 Å². The van der Waals surface area contributed by atoms with Crippen molar-refractivity contribution in [2.45, 2.75) is 17.6 Å². The van der Waals surface area contributed by atoms with Gasteiger partial charge < -0.3 is 10.2 Å². The van der Waals surface area contributed by atoms with Crippen molar-refractivity contribution in [2.75, 3.05) is 11.9 Å². The van der Waals surface area contributed by atoms with Crippen LogP contribution in [0.3, 0.4) is 0 Å². The molecule has 1 aliphatic heterocycles. The molecule has 0 radical (unpaired) electrons. The maximum atomic E-state index is 12.8. The van der Waals surface area contributed by atoms with Gasteiger partial charge in [-0.05, 0) is 53.4 Å². The van der Waals surface area contributed by atoms with Crippen LogP contribution < -0.4 is 10.2 Å². The lowest BCUT2D eigenvalue weighted by atomic mass is 10.1. The quantitative estimate of drug-likeness (QED) is 0.486. The van der Waals surface area contributed by atoms with Gasteiger partial charge in [-0.3, -0.25) is 9.59 Å². The van der Waals surface area contributed by atoms with Gasteiger partial charge in [-0.1, -0.05) is 30.0 Å². The number of fused-ring (bicyclic) bond motifs is 1. The van der Waals surface area contributed by atoms with Crippen molar-refractivity contribution in [3.05, 3.63) is 86.5 Å². The Morgan fingerprint density at radius 2 is 1.88 bits per heavy atom. The van der Waals surface area contributed by atoms with Crippen LogP contribution in [0, 0.1) is 0 Å². The number of rotatable bonds is 4. The number of carbonyl (C=O) groups excluding carboxylic acids is 2. The first-order valence-electron chi connectivity index (χ1n) is 9.52. The number of thiophene rings is 1. The lowest BCUT2D eigenvalue weighted by Gasteiger charge is -2.27. The molecule has 0 atom stereocenters. The molecule has 164 valence electrons. The smallest absolute Gasteiger partial charge is 0.347 e. The van der Waals surface area contributed by atoms with E-state index >= 15 is 0 Å². The number of hydrogen-bond acceptors (Lipinski definition) is 4. The van der Waals surface area contributed by atoms with Crippen LogP contribution in [-0.2, 0) is 17.5 Å². The number of nitrogens with one attached hydrogen (secondary N) is 1. The van der Waals surface area contributed by atoms with Crippen LogP contribution >= 0.6 is 23.1 Å². The summed E-state index contributed by atoms with van der Waals surface area (Å²) in [5.41, 5.74) is 0.800. The Kier molecular flexibility index (Phi) is 6.12. The second-order valence-corrected chi connectivity index (χ2v) is 9.16. The van der Waals surface area contributed by atoms with E-state index in [9.17, 15) is 22.8 Å². The first-order valence-corrected chi connectivity index (χ1v) is 11.2. The van der Waals surface area contributed by atoms with E-state index in [1.54, 1.807) is 42.7 Å². The van der Waals surface area contributed by atoms with Gasteiger partial charge >= 0.3 is 6.18 Å². The third kappa shape index (κ3) is 4.73. The monoisotopic (exact) mass is 474 g/mol. The lowest BCUT2D eigenvalue weighted by molar-refractivity contribution is -0.137. The highest BCUT2D eigenvalue weighted by Crippen LogP contribution is 2.42. The predicted molar refractivity (Wildman–Crippen MR) is 121 cm³/mol. The van der Waals surface area contributed by atoms with E-state index in [-0.39, 0.29) is 11.8 Å². The number of likely N-dealkylation sites (N-methyl/N-ethyl adjacent to an activating group) is 1. The molecule has 3 aromatic rings. The molecule has 0 bridgehead atoms. The fourth-order valence-corrected chi connectivity index (χ4v) is 4.87. The van der Waals surface area contributed by atoms with E-state index in [2.05, 4.69) is 5.32 Å². The Morgan fingerprint density at radius 3 is 2.53 bits per heavy atom. The average Bonchev–Trinajstić information content (AvgIpc) is 3.29. The van der Waals surface area contributed by atoms with Gasteiger partial charge in [0.05, 0.1) is 22.7 Å². The second-order valence-electron chi connectivity index (χ2n) is 7.04. The van der Waals surface area contributed by atoms with Crippen molar-refractivity contribution in [1.82, 2.24) is 5.32 Å². The first-order chi connectivity index (χ1) is 15.2. The summed E-state index contributed by atoms with van der Waals surface area (Å²) in [7, 11) is 1.61. The molecule has 32 heavy (non-hydrogen) atoms. The van der Waals surface area contributed by atoms with Gasteiger partial charge in [0.1, 0.15) is 0 Å². The number of hydrogen-bond donors (Lipinski definition) is 1. The molecular formula is C23H17F3N2O2S2. The molecule has 1 aromatic heterocycles. The van der Waals surface area contributed by atoms with Gasteiger partial charge in [0.2, 0.25) is 0 Å². The molecule has 1 N–H and O–H groups in total. The molecule has 9 heteroatoms. The first kappa shape index (κ1) is 22.2. The normalized spacial score (nSPS) is 15.1. The fraction of sp³-hybridized carbons (Fsp3) is 0.130. The Hall–Kier alpha value is -3.04. The Bertz CT molecular complexity index is 1190. The van der Waals surface area contributed by atoms with E-state index in [4.69, 9.17) is 0 Å². The molecule has 0 unspecified atom stereocenters. The molecule has 2 heterocycles. The molecule has 4 nitrogen and oxygen atoms in total. The highest BCUT2D eigenvalue weighted by molar-refractivity contribution is 8.04. The predicted octanol–water partition coefficient (Wildman–Crippen LogP) is 5.81. The minimum atomic E-state index is -4.41. The maximum absolute atomic E-state index is 12.8. The third-order valence-electron chi connectivity index (χ3n) is 4.86. The molecular weight excluding hydrogens is 457 g/mol. The minimum Gasteiger partial charge on any atom is -0.347 e. The van der Waals surface area contributed by atoms with Crippen LogP contribution in [-0.4, -0.2) is 18.9 Å². The summed E-state index contributed by atoms with van der Waals surface area (Å²) in [5.74, 6) is -0.531. The van der Waals surface area contributed by atoms with E-state index in [0.717, 1.165) is 21.9 Å². The summed E-state index contributed by atoms with van der Waals surface area (Å²) in [4.78, 5) is 29.0. The van der Waals surface area contributed by atoms with Crippen molar-refractivity contribution in [2.24, 2.45) is 0 Å². The topological polar surface area (TPSA) is 49.4 Å². The van der Waals surface area contributed by atoms with Gasteiger partial charge in [0.15, 0.2) is 0 Å². The highest BCUT2D eigenvalue weighted by Gasteiger charge is 2.30. The number of anilines is 1. The Morgan fingerprint density at radius 1 is 1.12 bits per heavy atom. The van der Waals surface area contributed by atoms with Crippen LogP contribution in [0.2, 0.25) is 0 Å². The number of benzene rings is 2. The zero-order valence-electron chi connectivity index (χ0n) is 16.8. The fourth-order valence-electron chi connectivity index (χ4n) is 3.14. The van der Waals surface area contributed by atoms with E-state index in [1.165, 1.54) is 28.8 Å². The lowest BCUT2D eigenvalue weighted by Crippen LogP contribution is -2.31. The number of thioether (sulfide) groups is 1. The van der Waals surface area contributed by atoms with Gasteiger partial charge in [-0.2, -0.15) is 13.2 Å². The molecule has 0 spiro atoms. The number of carbonyl (C=O) groups is 2. The number of amides is 2. The van der Waals surface area contributed by atoms with Gasteiger partial charge in [0, 0.05) is 22.4 Å². The van der Waals surface area contributed by atoms with Crippen molar-refractivity contribution in [1.29, 1.82) is 0 Å². The summed E-state index contributed by atoms with van der Waals surface area (Å²) in [6, 6.07) is 13.6. The maximum Gasteiger partial charge on any atom is 0.416 e. The van der Waals surface area contributed by atoms with Crippen LogP contribution in [0.25, 0.3) is 6.08 Å². The molecule has 0 saturated heterocycles. The largest absolute Gasteiger partial charge is 0.416 e. The zero-order valence-corrected chi connectivity index (χ0v) is 18.4. The van der Waals surface area contributed by atoms with Crippen LogP contribution in [0.1, 0.15) is 26.4 Å². The highest BCUT2D eigenvalue weighted by atomic mass is 32.2. The molecule has 0 aliphatic carbocycles. The summed E-state index contributed by atoms with van der Waals surface area (Å²) in [5, 5.41) is 4.80. The van der Waals surface area contributed by atoms with Crippen LogP contribution in [0.4, 0.5) is 18.9 Å². The van der Waals surface area contributed by atoms with Crippen molar-refractivity contribution in [3.63, 3.8) is 0 Å². The standard InChI is InChI=1S/C23H17F3N2O2S2/c1-28-18-12-15(21(29)27-13-17-3-2-10-31-17)6-9-19(18)32-20(22(28)30)11-14-4-7-16(8-5-14)23(24,25)26/h2-12H,13H2,1H3,(H,27,29)/b20-11-. The minimum absolute atomic E-state index is 0.238. The van der Waals surface area contributed by atoms with Gasteiger partial charge in [0.25, 0.3) is 11.8 Å². The van der Waals surface area contributed by atoms with Crippen molar-refractivity contribution >= 4 is 46.7 Å². The Balaban J connectivity index is 1.53. The van der Waals surface area contributed by atoms with Gasteiger partial charge in [-0.25, -0.2) is 0 Å². The van der Waals surface area contributed by atoms with Gasteiger partial charge in [-0.15, -0.1) is 11.3 Å². The molecule has 1 aliphatic rings. The zero-order chi connectivity index (χ0) is 22.9. The number of alkyl halides is 3. The molecule has 2 aromatic carbocycles. The third-order valence-corrected chi connectivity index (χ3v) is 6.81. The van der Waals surface area contributed by atoms with E-state index in [0.29, 0.717) is 28.3 Å². The molecule has 0 saturated carbocycles. The average molecular weight is 475 g/mol. The second kappa shape index (κ2) is 8.84. The number of halogens is 3. The van der Waals surface area contributed by atoms with Crippen molar-refractivity contribution < 1.29 is 22.8 Å². The van der Waals surface area contributed by atoms with E-state index < -0.39 is 11.7 Å². The Labute approximate surface area is 190 Å².